The van der Waals surface area contributed by atoms with Gasteiger partial charge in [0.25, 0.3) is 0 Å². The molecule has 0 saturated carbocycles. The summed E-state index contributed by atoms with van der Waals surface area (Å²) in [5.74, 6) is 1.92. The second-order valence-electron chi connectivity index (χ2n) is 5.88. The van der Waals surface area contributed by atoms with E-state index in [1.54, 1.807) is 23.4 Å². The third kappa shape index (κ3) is 3.95. The Morgan fingerprint density at radius 2 is 1.96 bits per heavy atom. The molecule has 0 bridgehead atoms. The number of hydrogen-bond acceptors (Lipinski definition) is 7. The minimum absolute atomic E-state index is 0.312. The van der Waals surface area contributed by atoms with Gasteiger partial charge in [-0.15, -0.1) is 5.10 Å². The molecule has 27 heavy (non-hydrogen) atoms. The van der Waals surface area contributed by atoms with E-state index >= 15 is 0 Å². The highest BCUT2D eigenvalue weighted by molar-refractivity contribution is 7.99. The maximum Gasteiger partial charge on any atom is 0.338 e. The third-order valence-electron chi connectivity index (χ3n) is 4.11. The number of anilines is 1. The summed E-state index contributed by atoms with van der Waals surface area (Å²) in [4.78, 5) is 17.2. The zero-order valence-electron chi connectivity index (χ0n) is 16.0. The van der Waals surface area contributed by atoms with E-state index in [2.05, 4.69) is 22.3 Å². The highest BCUT2D eigenvalue weighted by atomic mass is 32.2. The van der Waals surface area contributed by atoms with Crippen molar-refractivity contribution in [3.63, 3.8) is 0 Å². The molecule has 1 aromatic heterocycles. The van der Waals surface area contributed by atoms with Gasteiger partial charge in [-0.3, -0.25) is 0 Å². The number of rotatable bonds is 7. The van der Waals surface area contributed by atoms with E-state index in [1.165, 1.54) is 0 Å². The lowest BCUT2D eigenvalue weighted by Crippen LogP contribution is -2.29. The summed E-state index contributed by atoms with van der Waals surface area (Å²) in [5.41, 5.74) is 2.17. The lowest BCUT2D eigenvalue weighted by Gasteiger charge is -2.28. The Kier molecular flexibility index (Phi) is 6.05. The number of benzene rings is 1. The molecule has 0 fully saturated rings. The SMILES string of the molecule is CCOC(=O)C1=C(C)Nc2nc(SCC)nn2[C@H]1c1ccc(OCC)cc1. The van der Waals surface area contributed by atoms with E-state index in [0.29, 0.717) is 29.9 Å². The Morgan fingerprint density at radius 3 is 2.59 bits per heavy atom. The number of allylic oxidation sites excluding steroid dienone is 1. The molecule has 0 amide bonds. The lowest BCUT2D eigenvalue weighted by atomic mass is 9.96. The number of carbonyl (C=O) groups excluding carboxylic acids is 1. The van der Waals surface area contributed by atoms with Crippen LogP contribution in [0.15, 0.2) is 40.7 Å². The standard InChI is InChI=1S/C19H24N4O3S/c1-5-25-14-10-8-13(9-11-14)16-15(17(24)26-6-2)12(4)20-18-21-19(27-7-3)22-23(16)18/h8-11,16H,5-7H2,1-4H3,(H,20,21,22)/t16-/m0/s1. The number of hydrogen-bond donors (Lipinski definition) is 1. The molecule has 1 aliphatic rings. The van der Waals surface area contributed by atoms with Gasteiger partial charge in [0.05, 0.1) is 18.8 Å². The number of carbonyl (C=O) groups is 1. The molecule has 2 heterocycles. The van der Waals surface area contributed by atoms with E-state index in [-0.39, 0.29) is 5.97 Å². The van der Waals surface area contributed by atoms with Crippen molar-refractivity contribution in [2.24, 2.45) is 0 Å². The van der Waals surface area contributed by atoms with Gasteiger partial charge >= 0.3 is 5.97 Å². The largest absolute Gasteiger partial charge is 0.494 e. The zero-order valence-corrected chi connectivity index (χ0v) is 16.8. The highest BCUT2D eigenvalue weighted by Crippen LogP contribution is 2.37. The van der Waals surface area contributed by atoms with Crippen molar-refractivity contribution < 1.29 is 14.3 Å². The van der Waals surface area contributed by atoms with Crippen LogP contribution in [0.2, 0.25) is 0 Å². The minimum Gasteiger partial charge on any atom is -0.494 e. The first kappa shape index (κ1) is 19.3. The quantitative estimate of drug-likeness (QED) is 0.573. The lowest BCUT2D eigenvalue weighted by molar-refractivity contribution is -0.139. The molecule has 7 nitrogen and oxygen atoms in total. The van der Waals surface area contributed by atoms with Crippen LogP contribution in [0.25, 0.3) is 0 Å². The van der Waals surface area contributed by atoms with Crippen LogP contribution in [0.1, 0.15) is 39.3 Å². The van der Waals surface area contributed by atoms with E-state index < -0.39 is 6.04 Å². The Balaban J connectivity index is 2.07. The van der Waals surface area contributed by atoms with Crippen LogP contribution in [-0.4, -0.2) is 39.7 Å². The molecule has 0 aliphatic carbocycles. The normalized spacial score (nSPS) is 15.9. The Morgan fingerprint density at radius 1 is 1.22 bits per heavy atom. The molecule has 0 radical (unpaired) electrons. The molecule has 0 spiro atoms. The van der Waals surface area contributed by atoms with Crippen LogP contribution in [0.5, 0.6) is 5.75 Å². The van der Waals surface area contributed by atoms with E-state index in [0.717, 1.165) is 22.8 Å². The number of fused-ring (bicyclic) bond motifs is 1. The predicted octanol–water partition coefficient (Wildman–Crippen LogP) is 3.64. The first-order valence-corrected chi connectivity index (χ1v) is 10.0. The first-order chi connectivity index (χ1) is 13.1. The van der Waals surface area contributed by atoms with Crippen LogP contribution < -0.4 is 10.1 Å². The van der Waals surface area contributed by atoms with Gasteiger partial charge in [-0.1, -0.05) is 30.8 Å². The minimum atomic E-state index is -0.408. The molecule has 0 saturated heterocycles. The van der Waals surface area contributed by atoms with Crippen molar-refractivity contribution in [3.05, 3.63) is 41.1 Å². The predicted molar refractivity (Wildman–Crippen MR) is 105 cm³/mol. The summed E-state index contributed by atoms with van der Waals surface area (Å²) in [5, 5.41) is 8.48. The molecular formula is C19H24N4O3S. The van der Waals surface area contributed by atoms with Crippen molar-refractivity contribution in [1.29, 1.82) is 0 Å². The number of thioether (sulfide) groups is 1. The average molecular weight is 388 g/mol. The molecule has 3 rings (SSSR count). The second-order valence-corrected chi connectivity index (χ2v) is 7.12. The fourth-order valence-electron chi connectivity index (χ4n) is 3.02. The van der Waals surface area contributed by atoms with Gasteiger partial charge in [0.1, 0.15) is 11.8 Å². The van der Waals surface area contributed by atoms with Crippen molar-refractivity contribution in [3.8, 4) is 5.75 Å². The smallest absolute Gasteiger partial charge is 0.338 e. The van der Waals surface area contributed by atoms with Crippen molar-refractivity contribution in [2.75, 3.05) is 24.3 Å². The molecule has 1 atom stereocenters. The summed E-state index contributed by atoms with van der Waals surface area (Å²) in [7, 11) is 0. The van der Waals surface area contributed by atoms with E-state index in [4.69, 9.17) is 9.47 Å². The maximum absolute atomic E-state index is 12.7. The molecule has 1 aliphatic heterocycles. The van der Waals surface area contributed by atoms with Gasteiger partial charge in [0.2, 0.25) is 11.1 Å². The van der Waals surface area contributed by atoms with Gasteiger partial charge < -0.3 is 14.8 Å². The van der Waals surface area contributed by atoms with Crippen LogP contribution in [0, 0.1) is 0 Å². The van der Waals surface area contributed by atoms with Gasteiger partial charge in [0.15, 0.2) is 0 Å². The van der Waals surface area contributed by atoms with Gasteiger partial charge in [-0.2, -0.15) is 4.98 Å². The first-order valence-electron chi connectivity index (χ1n) is 9.06. The van der Waals surface area contributed by atoms with Gasteiger partial charge in [0, 0.05) is 5.70 Å². The number of ether oxygens (including phenoxy) is 2. The number of nitrogens with zero attached hydrogens (tertiary/aromatic N) is 3. The van der Waals surface area contributed by atoms with Crippen molar-refractivity contribution in [1.82, 2.24) is 14.8 Å². The van der Waals surface area contributed by atoms with Gasteiger partial charge in [-0.05, 0) is 44.2 Å². The van der Waals surface area contributed by atoms with Crippen LogP contribution in [0.3, 0.4) is 0 Å². The molecule has 2 aromatic rings. The molecule has 8 heteroatoms. The maximum atomic E-state index is 12.7. The zero-order chi connectivity index (χ0) is 19.4. The van der Waals surface area contributed by atoms with E-state index in [9.17, 15) is 4.79 Å². The monoisotopic (exact) mass is 388 g/mol. The summed E-state index contributed by atoms with van der Waals surface area (Å²) >= 11 is 1.56. The summed E-state index contributed by atoms with van der Waals surface area (Å²) in [6.07, 6.45) is 0. The number of aromatic nitrogens is 3. The van der Waals surface area contributed by atoms with Gasteiger partial charge in [-0.25, -0.2) is 9.48 Å². The van der Waals surface area contributed by atoms with Crippen molar-refractivity contribution >= 4 is 23.7 Å². The third-order valence-corrected chi connectivity index (χ3v) is 4.83. The van der Waals surface area contributed by atoms with Crippen LogP contribution >= 0.6 is 11.8 Å². The summed E-state index contributed by atoms with van der Waals surface area (Å²) in [6.45, 7) is 8.57. The molecule has 1 N–H and O–H groups in total. The Hall–Kier alpha value is -2.48. The van der Waals surface area contributed by atoms with E-state index in [1.807, 2.05) is 38.1 Å². The number of nitrogens with one attached hydrogen (secondary N) is 1. The molecular weight excluding hydrogens is 364 g/mol. The topological polar surface area (TPSA) is 78.3 Å². The van der Waals surface area contributed by atoms with Crippen molar-refractivity contribution in [2.45, 2.75) is 38.9 Å². The van der Waals surface area contributed by atoms with Crippen LogP contribution in [-0.2, 0) is 9.53 Å². The highest BCUT2D eigenvalue weighted by Gasteiger charge is 2.35. The van der Waals surface area contributed by atoms with Crippen LogP contribution in [0.4, 0.5) is 5.95 Å². The molecule has 144 valence electrons. The second kappa shape index (κ2) is 8.47. The fourth-order valence-corrected chi connectivity index (χ4v) is 3.57. The molecule has 0 unspecified atom stereocenters. The Labute approximate surface area is 163 Å². The Bertz CT molecular complexity index is 845. The molecule has 1 aromatic carbocycles. The number of esters is 1. The average Bonchev–Trinajstić information content (AvgIpc) is 3.04. The summed E-state index contributed by atoms with van der Waals surface area (Å²) < 4.78 is 12.6. The fraction of sp³-hybridized carbons (Fsp3) is 0.421. The summed E-state index contributed by atoms with van der Waals surface area (Å²) in [6, 6.07) is 7.29.